The quantitative estimate of drug-likeness (QED) is 0.122. The fourth-order valence-corrected chi connectivity index (χ4v) is 4.41. The summed E-state index contributed by atoms with van der Waals surface area (Å²) in [6.07, 6.45) is -4.51. The zero-order valence-electron chi connectivity index (χ0n) is 23.4. The highest BCUT2D eigenvalue weighted by atomic mass is 19.4. The number of carbonyl (C=O) groups is 1. The summed E-state index contributed by atoms with van der Waals surface area (Å²) in [7, 11) is 0. The molecule has 44 heavy (non-hydrogen) atoms. The molecule has 1 N–H and O–H groups in total. The predicted molar refractivity (Wildman–Crippen MR) is 158 cm³/mol. The van der Waals surface area contributed by atoms with Crippen molar-refractivity contribution >= 4 is 22.7 Å². The van der Waals surface area contributed by atoms with Gasteiger partial charge in [0.1, 0.15) is 30.3 Å². The van der Waals surface area contributed by atoms with E-state index in [1.54, 1.807) is 24.3 Å². The summed E-state index contributed by atoms with van der Waals surface area (Å²) in [5.74, 6) is -0.332. The molecule has 0 amide bonds. The molecule has 0 bridgehead atoms. The largest absolute Gasteiger partial charge is 0.492 e. The third kappa shape index (κ3) is 8.23. The Kier molecular flexibility index (Phi) is 9.56. The Labute approximate surface area is 250 Å². The van der Waals surface area contributed by atoms with Crippen LogP contribution in [0.25, 0.3) is 11.0 Å². The molecule has 1 atom stereocenters. The fourth-order valence-electron chi connectivity index (χ4n) is 4.41. The maximum absolute atomic E-state index is 12.4. The Hall–Kier alpha value is -5.16. The van der Waals surface area contributed by atoms with Gasteiger partial charge in [0.25, 0.3) is 0 Å². The van der Waals surface area contributed by atoms with Crippen LogP contribution < -0.4 is 9.57 Å². The van der Waals surface area contributed by atoms with Crippen LogP contribution in [0.3, 0.4) is 0 Å². The molecular formula is C33H28F3N3O5. The van der Waals surface area contributed by atoms with Gasteiger partial charge in [-0.15, -0.1) is 0 Å². The summed E-state index contributed by atoms with van der Waals surface area (Å²) in [5.41, 5.74) is 3.31. The van der Waals surface area contributed by atoms with Crippen LogP contribution in [0.5, 0.6) is 11.5 Å². The van der Waals surface area contributed by atoms with E-state index in [4.69, 9.17) is 14.6 Å². The summed E-state index contributed by atoms with van der Waals surface area (Å²) >= 11 is 0. The van der Waals surface area contributed by atoms with E-state index in [2.05, 4.69) is 9.89 Å². The Bertz CT molecular complexity index is 1710. The number of benzene rings is 3. The normalized spacial score (nSPS) is 12.7. The second-order valence-corrected chi connectivity index (χ2v) is 9.78. The van der Waals surface area contributed by atoms with Crippen LogP contribution in [0.1, 0.15) is 16.8 Å². The average molecular weight is 604 g/mol. The molecule has 0 saturated carbocycles. The molecule has 0 fully saturated rings. The number of carboxylic acids is 1. The molecule has 2 heterocycles. The zero-order chi connectivity index (χ0) is 30.9. The Balaban J connectivity index is 1.25. The Morgan fingerprint density at radius 2 is 1.59 bits per heavy atom. The van der Waals surface area contributed by atoms with Crippen LogP contribution in [0, 0.1) is 0 Å². The standard InChI is InChI=1S/C33H28F3N3O5/c34-33(35,36)22-43-29(32(40)41)21-23-11-14-26(15-12-23)42-20-19-39-18-17-25-13-16-28(37-31(25)39)30(24-7-3-1-4-8-24)38-44-27-9-5-2-6-10-27/h1-18,29H,19-22H2,(H,40,41)/b38-30+. The molecule has 8 nitrogen and oxygen atoms in total. The fraction of sp³-hybridized carbons (Fsp3) is 0.182. The van der Waals surface area contributed by atoms with Crippen molar-refractivity contribution in [3.8, 4) is 11.5 Å². The summed E-state index contributed by atoms with van der Waals surface area (Å²) in [6, 6.07) is 31.2. The van der Waals surface area contributed by atoms with Gasteiger partial charge in [0.15, 0.2) is 11.9 Å². The lowest BCUT2D eigenvalue weighted by Crippen LogP contribution is -2.31. The first-order valence-corrected chi connectivity index (χ1v) is 13.7. The third-order valence-corrected chi connectivity index (χ3v) is 6.56. The topological polar surface area (TPSA) is 95.2 Å². The highest BCUT2D eigenvalue weighted by molar-refractivity contribution is 6.12. The van der Waals surface area contributed by atoms with Gasteiger partial charge in [-0.25, -0.2) is 9.78 Å². The van der Waals surface area contributed by atoms with E-state index in [9.17, 15) is 23.1 Å². The number of hydrogen-bond acceptors (Lipinski definition) is 6. The second-order valence-electron chi connectivity index (χ2n) is 9.78. The molecule has 0 saturated heterocycles. The predicted octanol–water partition coefficient (Wildman–Crippen LogP) is 6.52. The van der Waals surface area contributed by atoms with Crippen molar-refractivity contribution in [1.29, 1.82) is 0 Å². The molecular weight excluding hydrogens is 575 g/mol. The first kappa shape index (κ1) is 30.3. The number of aromatic nitrogens is 2. The van der Waals surface area contributed by atoms with E-state index in [0.717, 1.165) is 16.6 Å². The van der Waals surface area contributed by atoms with Crippen molar-refractivity contribution < 1.29 is 37.4 Å². The number of para-hydroxylation sites is 1. The average Bonchev–Trinajstić information content (AvgIpc) is 3.43. The van der Waals surface area contributed by atoms with Gasteiger partial charge >= 0.3 is 12.1 Å². The number of aliphatic carboxylic acids is 1. The number of rotatable bonds is 13. The van der Waals surface area contributed by atoms with Crippen molar-refractivity contribution in [1.82, 2.24) is 9.55 Å². The lowest BCUT2D eigenvalue weighted by atomic mass is 10.1. The molecule has 5 rings (SSSR count). The van der Waals surface area contributed by atoms with E-state index in [1.807, 2.05) is 89.6 Å². The first-order chi connectivity index (χ1) is 21.2. The van der Waals surface area contributed by atoms with Crippen LogP contribution >= 0.6 is 0 Å². The minimum atomic E-state index is -4.61. The highest BCUT2D eigenvalue weighted by Gasteiger charge is 2.31. The van der Waals surface area contributed by atoms with Crippen molar-refractivity contribution in [2.45, 2.75) is 25.2 Å². The maximum Gasteiger partial charge on any atom is 0.411 e. The van der Waals surface area contributed by atoms with Gasteiger partial charge in [-0.05, 0) is 48.0 Å². The second kappa shape index (κ2) is 13.9. The Morgan fingerprint density at radius 3 is 2.27 bits per heavy atom. The molecule has 1 unspecified atom stereocenters. The number of fused-ring (bicyclic) bond motifs is 1. The van der Waals surface area contributed by atoms with Crippen LogP contribution in [0.2, 0.25) is 0 Å². The van der Waals surface area contributed by atoms with Gasteiger partial charge in [0, 0.05) is 23.6 Å². The van der Waals surface area contributed by atoms with Crippen LogP contribution in [0.4, 0.5) is 13.2 Å². The molecule has 0 aliphatic carbocycles. The number of pyridine rings is 1. The molecule has 0 aliphatic heterocycles. The molecule has 0 aliphatic rings. The number of carboxylic acid groups (broad SMARTS) is 1. The lowest BCUT2D eigenvalue weighted by molar-refractivity contribution is -0.192. The van der Waals surface area contributed by atoms with Crippen molar-refractivity contribution in [3.05, 3.63) is 126 Å². The van der Waals surface area contributed by atoms with Gasteiger partial charge in [-0.1, -0.05) is 65.8 Å². The third-order valence-electron chi connectivity index (χ3n) is 6.56. The number of hydrogen-bond donors (Lipinski definition) is 1. The zero-order valence-corrected chi connectivity index (χ0v) is 23.4. The van der Waals surface area contributed by atoms with Crippen molar-refractivity contribution in [3.63, 3.8) is 0 Å². The molecule has 2 aromatic heterocycles. The SMILES string of the molecule is O=C(O)C(Cc1ccc(OCCn2ccc3ccc(/C(=N/Oc4ccccc4)c4ccccc4)nc32)cc1)OCC(F)(F)F. The molecule has 226 valence electrons. The van der Waals surface area contributed by atoms with Crippen LogP contribution in [-0.2, 0) is 22.5 Å². The minimum Gasteiger partial charge on any atom is -0.492 e. The van der Waals surface area contributed by atoms with E-state index >= 15 is 0 Å². The number of nitrogens with zero attached hydrogens (tertiary/aromatic N) is 3. The number of alkyl halides is 3. The van der Waals surface area contributed by atoms with Crippen molar-refractivity contribution in [2.24, 2.45) is 5.16 Å². The summed E-state index contributed by atoms with van der Waals surface area (Å²) < 4.78 is 49.7. The van der Waals surface area contributed by atoms with Crippen LogP contribution in [0.15, 0.2) is 114 Å². The van der Waals surface area contributed by atoms with E-state index in [1.165, 1.54) is 0 Å². The lowest BCUT2D eigenvalue weighted by Gasteiger charge is -2.15. The van der Waals surface area contributed by atoms with Gasteiger partial charge in [0.05, 0.1) is 12.2 Å². The molecule has 3 aromatic carbocycles. The minimum absolute atomic E-state index is 0.209. The summed E-state index contributed by atoms with van der Waals surface area (Å²) in [6.45, 7) is -0.845. The van der Waals surface area contributed by atoms with Gasteiger partial charge in [0.2, 0.25) is 0 Å². The van der Waals surface area contributed by atoms with E-state index in [-0.39, 0.29) is 6.42 Å². The first-order valence-electron chi connectivity index (χ1n) is 13.7. The number of halogens is 3. The molecule has 0 spiro atoms. The highest BCUT2D eigenvalue weighted by Crippen LogP contribution is 2.21. The number of ether oxygens (including phenoxy) is 2. The maximum atomic E-state index is 12.4. The molecule has 0 radical (unpaired) electrons. The summed E-state index contributed by atoms with van der Waals surface area (Å²) in [4.78, 5) is 21.9. The summed E-state index contributed by atoms with van der Waals surface area (Å²) in [5, 5.41) is 14.6. The molecule has 11 heteroatoms. The van der Waals surface area contributed by atoms with Gasteiger partial charge in [-0.3, -0.25) is 0 Å². The smallest absolute Gasteiger partial charge is 0.411 e. The van der Waals surface area contributed by atoms with Crippen molar-refractivity contribution in [2.75, 3.05) is 13.2 Å². The Morgan fingerprint density at radius 1 is 0.886 bits per heavy atom. The monoisotopic (exact) mass is 603 g/mol. The van der Waals surface area contributed by atoms with Gasteiger partial charge in [-0.2, -0.15) is 13.2 Å². The van der Waals surface area contributed by atoms with Crippen LogP contribution in [-0.4, -0.2) is 51.8 Å². The van der Waals surface area contributed by atoms with E-state index < -0.39 is 24.9 Å². The molecule has 5 aromatic rings. The number of oxime groups is 1. The van der Waals surface area contributed by atoms with E-state index in [0.29, 0.717) is 41.6 Å². The van der Waals surface area contributed by atoms with Gasteiger partial charge < -0.3 is 24.0 Å².